The van der Waals surface area contributed by atoms with E-state index in [1.807, 2.05) is 18.2 Å². The van der Waals surface area contributed by atoms with Gasteiger partial charge in [-0.05, 0) is 43.7 Å². The fourth-order valence-electron chi connectivity index (χ4n) is 4.17. The van der Waals surface area contributed by atoms with Crippen molar-refractivity contribution in [2.24, 2.45) is 5.92 Å². The van der Waals surface area contributed by atoms with Crippen LogP contribution >= 0.6 is 11.3 Å². The molecule has 1 atom stereocenters. The molecule has 2 aliphatic heterocycles. The second kappa shape index (κ2) is 6.82. The van der Waals surface area contributed by atoms with E-state index >= 15 is 0 Å². The molecule has 142 valence electrons. The van der Waals surface area contributed by atoms with E-state index in [2.05, 4.69) is 15.9 Å². The Hall–Kier alpha value is -2.08. The van der Waals surface area contributed by atoms with Crippen LogP contribution in [0, 0.1) is 5.92 Å². The lowest BCUT2D eigenvalue weighted by atomic mass is 10.1. The third kappa shape index (κ3) is 3.20. The molecule has 5 rings (SSSR count). The first-order chi connectivity index (χ1) is 13.2. The lowest BCUT2D eigenvalue weighted by molar-refractivity contribution is -0.131. The number of carbonyl (C=O) groups is 1. The fraction of sp³-hybridized carbons (Fsp3) is 0.524. The average Bonchev–Trinajstić information content (AvgIpc) is 3.10. The van der Waals surface area contributed by atoms with Gasteiger partial charge in [-0.25, -0.2) is 4.98 Å². The lowest BCUT2D eigenvalue weighted by Gasteiger charge is -2.29. The predicted molar refractivity (Wildman–Crippen MR) is 107 cm³/mol. The molecule has 1 aliphatic carbocycles. The number of nitrogens with zero attached hydrogens (tertiary/aromatic N) is 3. The Kier molecular flexibility index (Phi) is 4.31. The Balaban J connectivity index is 1.44. The molecular formula is C21H25N3O2S. The minimum absolute atomic E-state index is 0.0446. The average molecular weight is 384 g/mol. The summed E-state index contributed by atoms with van der Waals surface area (Å²) in [5.74, 6) is 1.90. The van der Waals surface area contributed by atoms with Crippen LogP contribution in [0.5, 0.6) is 5.75 Å². The van der Waals surface area contributed by atoms with Crippen LogP contribution in [0.1, 0.15) is 31.4 Å². The van der Waals surface area contributed by atoms with Crippen molar-refractivity contribution < 1.29 is 9.53 Å². The Bertz CT molecular complexity index is 855. The predicted octanol–water partition coefficient (Wildman–Crippen LogP) is 3.58. The van der Waals surface area contributed by atoms with Crippen LogP contribution < -0.4 is 9.64 Å². The molecule has 27 heavy (non-hydrogen) atoms. The highest BCUT2D eigenvalue weighted by Gasteiger charge is 2.42. The molecule has 2 aromatic rings. The van der Waals surface area contributed by atoms with Crippen molar-refractivity contribution in [2.75, 3.05) is 31.6 Å². The highest BCUT2D eigenvalue weighted by Crippen LogP contribution is 2.44. The smallest absolute Gasteiger partial charge is 0.245 e. The minimum Gasteiger partial charge on any atom is -0.497 e. The Morgan fingerprint density at radius 3 is 2.85 bits per heavy atom. The number of carbonyl (C=O) groups excluding carboxylic acids is 1. The van der Waals surface area contributed by atoms with Gasteiger partial charge in [0.05, 0.1) is 12.8 Å². The molecule has 6 heteroatoms. The summed E-state index contributed by atoms with van der Waals surface area (Å²) in [4.78, 5) is 22.5. The summed E-state index contributed by atoms with van der Waals surface area (Å²) >= 11 is 1.72. The molecule has 0 N–H and O–H groups in total. The molecule has 2 fully saturated rings. The highest BCUT2D eigenvalue weighted by atomic mass is 32.1. The van der Waals surface area contributed by atoms with Crippen molar-refractivity contribution in [3.63, 3.8) is 0 Å². The van der Waals surface area contributed by atoms with Crippen molar-refractivity contribution >= 4 is 22.2 Å². The number of aromatic nitrogens is 1. The van der Waals surface area contributed by atoms with E-state index in [9.17, 15) is 4.79 Å². The van der Waals surface area contributed by atoms with Crippen molar-refractivity contribution in [1.29, 1.82) is 0 Å². The zero-order chi connectivity index (χ0) is 18.4. The number of likely N-dealkylation sites (tertiary alicyclic amines) is 1. The molecule has 3 heterocycles. The zero-order valence-electron chi connectivity index (χ0n) is 15.7. The van der Waals surface area contributed by atoms with Gasteiger partial charge in [-0.1, -0.05) is 23.5 Å². The van der Waals surface area contributed by atoms with Crippen molar-refractivity contribution in [1.82, 2.24) is 9.88 Å². The first kappa shape index (κ1) is 17.0. The number of hydrogen-bond acceptors (Lipinski definition) is 5. The molecule has 1 saturated heterocycles. The van der Waals surface area contributed by atoms with Crippen LogP contribution in [-0.4, -0.2) is 48.6 Å². The molecule has 1 saturated carbocycles. The normalized spacial score (nSPS) is 21.6. The third-order valence-electron chi connectivity index (χ3n) is 5.87. The van der Waals surface area contributed by atoms with Gasteiger partial charge in [0, 0.05) is 31.6 Å². The van der Waals surface area contributed by atoms with E-state index < -0.39 is 0 Å². The van der Waals surface area contributed by atoms with E-state index in [4.69, 9.17) is 9.72 Å². The molecule has 1 amide bonds. The summed E-state index contributed by atoms with van der Waals surface area (Å²) < 4.78 is 5.36. The Labute approximate surface area is 164 Å². The maximum Gasteiger partial charge on any atom is 0.245 e. The van der Waals surface area contributed by atoms with Gasteiger partial charge in [-0.3, -0.25) is 4.79 Å². The van der Waals surface area contributed by atoms with Gasteiger partial charge in [0.25, 0.3) is 0 Å². The minimum atomic E-state index is -0.0446. The molecule has 3 aliphatic rings. The lowest BCUT2D eigenvalue weighted by Crippen LogP contribution is -2.47. The number of anilines is 1. The number of thiazole rings is 1. The van der Waals surface area contributed by atoms with Gasteiger partial charge in [-0.15, -0.1) is 0 Å². The van der Waals surface area contributed by atoms with Crippen LogP contribution in [0.4, 0.5) is 5.00 Å². The molecule has 5 nitrogen and oxygen atoms in total. The number of ether oxygens (including phenoxy) is 1. The molecule has 1 aromatic heterocycles. The van der Waals surface area contributed by atoms with E-state index in [0.717, 1.165) is 66.8 Å². The SMILES string of the molecule is COc1cccc(-c2nc3c(s2)N(CC2CC2)C(C(=O)N2CCCC2)C3)c1. The Morgan fingerprint density at radius 1 is 1.30 bits per heavy atom. The van der Waals surface area contributed by atoms with E-state index in [1.54, 1.807) is 18.4 Å². The number of fused-ring (bicyclic) bond motifs is 1. The van der Waals surface area contributed by atoms with Crippen LogP contribution in [0.3, 0.4) is 0 Å². The highest BCUT2D eigenvalue weighted by molar-refractivity contribution is 7.19. The monoisotopic (exact) mass is 383 g/mol. The summed E-state index contributed by atoms with van der Waals surface area (Å²) in [7, 11) is 1.69. The van der Waals surface area contributed by atoms with Crippen LogP contribution in [0.2, 0.25) is 0 Å². The maximum absolute atomic E-state index is 13.1. The summed E-state index contributed by atoms with van der Waals surface area (Å²) in [6.45, 7) is 2.84. The summed E-state index contributed by atoms with van der Waals surface area (Å²) in [5.41, 5.74) is 2.18. The second-order valence-electron chi connectivity index (χ2n) is 7.85. The van der Waals surface area contributed by atoms with Gasteiger partial charge in [-0.2, -0.15) is 0 Å². The Morgan fingerprint density at radius 2 is 2.11 bits per heavy atom. The van der Waals surface area contributed by atoms with Crippen molar-refractivity contribution in [3.8, 4) is 16.3 Å². The molecular weight excluding hydrogens is 358 g/mol. The fourth-order valence-corrected chi connectivity index (χ4v) is 5.32. The van der Waals surface area contributed by atoms with E-state index in [1.165, 1.54) is 17.8 Å². The first-order valence-electron chi connectivity index (χ1n) is 9.92. The summed E-state index contributed by atoms with van der Waals surface area (Å²) in [6, 6.07) is 8.02. The zero-order valence-corrected chi connectivity index (χ0v) is 16.5. The molecule has 0 radical (unpaired) electrons. The molecule has 1 unspecified atom stereocenters. The standard InChI is InChI=1S/C21H25N3O2S/c1-26-16-6-4-5-15(11-16)19-22-17-12-18(20(25)23-9-2-3-10-23)24(21(17)27-19)13-14-7-8-14/h4-6,11,14,18H,2-3,7-10,12-13H2,1H3. The van der Waals surface area contributed by atoms with Crippen LogP contribution in [-0.2, 0) is 11.2 Å². The summed E-state index contributed by atoms with van der Waals surface area (Å²) in [6.07, 6.45) is 5.61. The topological polar surface area (TPSA) is 45.7 Å². The van der Waals surface area contributed by atoms with Gasteiger partial charge in [0.1, 0.15) is 21.8 Å². The van der Waals surface area contributed by atoms with Crippen molar-refractivity contribution in [2.45, 2.75) is 38.1 Å². The number of benzene rings is 1. The molecule has 0 spiro atoms. The van der Waals surface area contributed by atoms with Gasteiger partial charge in [0.2, 0.25) is 5.91 Å². The number of hydrogen-bond donors (Lipinski definition) is 0. The van der Waals surface area contributed by atoms with Crippen molar-refractivity contribution in [3.05, 3.63) is 30.0 Å². The number of methoxy groups -OCH3 is 1. The number of rotatable bonds is 5. The third-order valence-corrected chi connectivity index (χ3v) is 7.06. The largest absolute Gasteiger partial charge is 0.497 e. The van der Waals surface area contributed by atoms with Gasteiger partial charge >= 0.3 is 0 Å². The van der Waals surface area contributed by atoms with E-state index in [0.29, 0.717) is 5.91 Å². The first-order valence-corrected chi connectivity index (χ1v) is 10.7. The van der Waals surface area contributed by atoms with Crippen LogP contribution in [0.15, 0.2) is 24.3 Å². The summed E-state index contributed by atoms with van der Waals surface area (Å²) in [5, 5.41) is 2.23. The number of amides is 1. The quantitative estimate of drug-likeness (QED) is 0.792. The molecule has 1 aromatic carbocycles. The maximum atomic E-state index is 13.1. The van der Waals surface area contributed by atoms with Crippen LogP contribution in [0.25, 0.3) is 10.6 Å². The molecule has 0 bridgehead atoms. The second-order valence-corrected chi connectivity index (χ2v) is 8.83. The van der Waals surface area contributed by atoms with E-state index in [-0.39, 0.29) is 6.04 Å². The van der Waals surface area contributed by atoms with Gasteiger partial charge in [0.15, 0.2) is 0 Å². The van der Waals surface area contributed by atoms with Gasteiger partial charge < -0.3 is 14.5 Å².